The lowest BCUT2D eigenvalue weighted by Gasteiger charge is -2.13. The maximum absolute atomic E-state index is 5.66. The molecule has 20 heavy (non-hydrogen) atoms. The molecule has 0 atom stereocenters. The normalized spacial score (nSPS) is 10.4. The van der Waals surface area contributed by atoms with Crippen LogP contribution in [0.2, 0.25) is 0 Å². The first-order valence-corrected chi connectivity index (χ1v) is 6.39. The summed E-state index contributed by atoms with van der Waals surface area (Å²) in [5, 5.41) is 3.13. The zero-order chi connectivity index (χ0) is 14.4. The van der Waals surface area contributed by atoms with Gasteiger partial charge in [0.1, 0.15) is 0 Å². The second-order valence-corrected chi connectivity index (χ2v) is 4.43. The molecule has 1 N–H and O–H groups in total. The van der Waals surface area contributed by atoms with Crippen molar-refractivity contribution in [1.82, 2.24) is 15.0 Å². The van der Waals surface area contributed by atoms with E-state index in [0.29, 0.717) is 24.1 Å². The SMILES string of the molecule is COc1cnc(NCc2cccnc2OC(C)C)nc1. The van der Waals surface area contributed by atoms with Crippen LogP contribution in [-0.4, -0.2) is 28.2 Å². The van der Waals surface area contributed by atoms with E-state index >= 15 is 0 Å². The predicted octanol–water partition coefficient (Wildman–Crippen LogP) is 2.28. The highest BCUT2D eigenvalue weighted by molar-refractivity contribution is 5.33. The van der Waals surface area contributed by atoms with Crippen molar-refractivity contribution < 1.29 is 9.47 Å². The first kappa shape index (κ1) is 14.0. The molecule has 0 aromatic carbocycles. The number of aromatic nitrogens is 3. The van der Waals surface area contributed by atoms with E-state index in [1.807, 2.05) is 26.0 Å². The molecule has 106 valence electrons. The van der Waals surface area contributed by atoms with Crippen LogP contribution in [0, 0.1) is 0 Å². The van der Waals surface area contributed by atoms with Gasteiger partial charge in [-0.15, -0.1) is 0 Å². The van der Waals surface area contributed by atoms with E-state index in [2.05, 4.69) is 20.3 Å². The summed E-state index contributed by atoms with van der Waals surface area (Å²) in [5.74, 6) is 1.79. The second-order valence-electron chi connectivity index (χ2n) is 4.43. The zero-order valence-corrected chi connectivity index (χ0v) is 11.8. The van der Waals surface area contributed by atoms with Gasteiger partial charge in [0.05, 0.1) is 25.6 Å². The number of hydrogen-bond donors (Lipinski definition) is 1. The molecular weight excluding hydrogens is 256 g/mol. The number of nitrogens with one attached hydrogen (secondary N) is 1. The van der Waals surface area contributed by atoms with Crippen LogP contribution >= 0.6 is 0 Å². The summed E-state index contributed by atoms with van der Waals surface area (Å²) < 4.78 is 10.7. The van der Waals surface area contributed by atoms with Crippen LogP contribution in [0.25, 0.3) is 0 Å². The Hall–Kier alpha value is -2.37. The van der Waals surface area contributed by atoms with Crippen molar-refractivity contribution in [1.29, 1.82) is 0 Å². The summed E-state index contributed by atoms with van der Waals surface area (Å²) in [5.41, 5.74) is 0.959. The van der Waals surface area contributed by atoms with Crippen LogP contribution in [0.4, 0.5) is 5.95 Å². The van der Waals surface area contributed by atoms with Crippen molar-refractivity contribution in [2.24, 2.45) is 0 Å². The molecule has 0 fully saturated rings. The Kier molecular flexibility index (Phi) is 4.70. The summed E-state index contributed by atoms with van der Waals surface area (Å²) in [7, 11) is 1.58. The topological polar surface area (TPSA) is 69.2 Å². The van der Waals surface area contributed by atoms with Gasteiger partial charge in [0.25, 0.3) is 0 Å². The van der Waals surface area contributed by atoms with Crippen molar-refractivity contribution >= 4 is 5.95 Å². The predicted molar refractivity (Wildman–Crippen MR) is 75.9 cm³/mol. The summed E-state index contributed by atoms with van der Waals surface area (Å²) in [6.07, 6.45) is 5.03. The lowest BCUT2D eigenvalue weighted by Crippen LogP contribution is -2.11. The maximum atomic E-state index is 5.66. The van der Waals surface area contributed by atoms with Crippen molar-refractivity contribution in [3.63, 3.8) is 0 Å². The fraction of sp³-hybridized carbons (Fsp3) is 0.357. The number of methoxy groups -OCH3 is 1. The Morgan fingerprint density at radius 2 is 1.95 bits per heavy atom. The first-order chi connectivity index (χ1) is 9.69. The van der Waals surface area contributed by atoms with Gasteiger partial charge < -0.3 is 14.8 Å². The number of hydrogen-bond acceptors (Lipinski definition) is 6. The molecular formula is C14H18N4O2. The third-order valence-electron chi connectivity index (χ3n) is 2.50. The molecule has 0 radical (unpaired) electrons. The van der Waals surface area contributed by atoms with E-state index in [9.17, 15) is 0 Å². The summed E-state index contributed by atoms with van der Waals surface area (Å²) in [6.45, 7) is 4.49. The van der Waals surface area contributed by atoms with Gasteiger partial charge in [-0.1, -0.05) is 6.07 Å². The minimum atomic E-state index is 0.0842. The quantitative estimate of drug-likeness (QED) is 0.871. The third kappa shape index (κ3) is 3.81. The van der Waals surface area contributed by atoms with Crippen molar-refractivity contribution in [3.8, 4) is 11.6 Å². The van der Waals surface area contributed by atoms with Gasteiger partial charge in [0, 0.05) is 18.3 Å². The number of rotatable bonds is 6. The Morgan fingerprint density at radius 1 is 1.20 bits per heavy atom. The van der Waals surface area contributed by atoms with Crippen LogP contribution < -0.4 is 14.8 Å². The van der Waals surface area contributed by atoms with Gasteiger partial charge >= 0.3 is 0 Å². The summed E-state index contributed by atoms with van der Waals surface area (Å²) in [4.78, 5) is 12.5. The molecule has 0 bridgehead atoms. The fourth-order valence-electron chi connectivity index (χ4n) is 1.58. The Labute approximate surface area is 118 Å². The molecule has 0 saturated carbocycles. The molecule has 0 spiro atoms. The van der Waals surface area contributed by atoms with Crippen LogP contribution in [-0.2, 0) is 6.54 Å². The monoisotopic (exact) mass is 274 g/mol. The molecule has 2 rings (SSSR count). The molecule has 6 heteroatoms. The van der Waals surface area contributed by atoms with Crippen molar-refractivity contribution in [3.05, 3.63) is 36.3 Å². The Balaban J connectivity index is 2.02. The lowest BCUT2D eigenvalue weighted by molar-refractivity contribution is 0.230. The van der Waals surface area contributed by atoms with E-state index in [4.69, 9.17) is 9.47 Å². The largest absolute Gasteiger partial charge is 0.494 e. The van der Waals surface area contributed by atoms with E-state index in [0.717, 1.165) is 5.56 Å². The van der Waals surface area contributed by atoms with Gasteiger partial charge in [-0.05, 0) is 19.9 Å². The highest BCUT2D eigenvalue weighted by Crippen LogP contribution is 2.17. The maximum Gasteiger partial charge on any atom is 0.223 e. The highest BCUT2D eigenvalue weighted by atomic mass is 16.5. The molecule has 0 aliphatic heterocycles. The average Bonchev–Trinajstić information content (AvgIpc) is 2.46. The Morgan fingerprint density at radius 3 is 2.60 bits per heavy atom. The van der Waals surface area contributed by atoms with E-state index in [-0.39, 0.29) is 6.10 Å². The average molecular weight is 274 g/mol. The summed E-state index contributed by atoms with van der Waals surface area (Å²) >= 11 is 0. The fourth-order valence-corrected chi connectivity index (χ4v) is 1.58. The number of ether oxygens (including phenoxy) is 2. The number of pyridine rings is 1. The lowest BCUT2D eigenvalue weighted by atomic mass is 10.2. The van der Waals surface area contributed by atoms with Crippen molar-refractivity contribution in [2.75, 3.05) is 12.4 Å². The minimum absolute atomic E-state index is 0.0842. The first-order valence-electron chi connectivity index (χ1n) is 6.39. The number of anilines is 1. The minimum Gasteiger partial charge on any atom is -0.494 e. The van der Waals surface area contributed by atoms with E-state index in [1.165, 1.54) is 0 Å². The summed E-state index contributed by atoms with van der Waals surface area (Å²) in [6, 6.07) is 3.83. The molecule has 2 aromatic heterocycles. The second kappa shape index (κ2) is 6.70. The smallest absolute Gasteiger partial charge is 0.223 e. The molecule has 0 amide bonds. The van der Waals surface area contributed by atoms with Crippen LogP contribution in [0.15, 0.2) is 30.7 Å². The molecule has 0 aliphatic rings. The van der Waals surface area contributed by atoms with E-state index < -0.39 is 0 Å². The zero-order valence-electron chi connectivity index (χ0n) is 11.8. The molecule has 0 unspecified atom stereocenters. The van der Waals surface area contributed by atoms with Crippen LogP contribution in [0.3, 0.4) is 0 Å². The molecule has 2 heterocycles. The van der Waals surface area contributed by atoms with Gasteiger partial charge in [-0.2, -0.15) is 0 Å². The molecule has 2 aromatic rings. The van der Waals surface area contributed by atoms with Gasteiger partial charge in [-0.3, -0.25) is 0 Å². The van der Waals surface area contributed by atoms with Crippen molar-refractivity contribution in [2.45, 2.75) is 26.5 Å². The van der Waals surface area contributed by atoms with Gasteiger partial charge in [0.15, 0.2) is 5.75 Å². The third-order valence-corrected chi connectivity index (χ3v) is 2.50. The molecule has 0 saturated heterocycles. The van der Waals surface area contributed by atoms with Gasteiger partial charge in [-0.25, -0.2) is 15.0 Å². The van der Waals surface area contributed by atoms with E-state index in [1.54, 1.807) is 25.7 Å². The Bertz CT molecular complexity index is 543. The standard InChI is InChI=1S/C14H18N4O2/c1-10(2)20-13-11(5-4-6-15-13)7-16-14-17-8-12(19-3)9-18-14/h4-6,8-10H,7H2,1-3H3,(H,16,17,18). The van der Waals surface area contributed by atoms with Crippen LogP contribution in [0.5, 0.6) is 11.6 Å². The number of nitrogens with zero attached hydrogens (tertiary/aromatic N) is 3. The molecule has 6 nitrogen and oxygen atoms in total. The highest BCUT2D eigenvalue weighted by Gasteiger charge is 2.07. The van der Waals surface area contributed by atoms with Gasteiger partial charge in [0.2, 0.25) is 11.8 Å². The van der Waals surface area contributed by atoms with Crippen LogP contribution in [0.1, 0.15) is 19.4 Å². The molecule has 0 aliphatic carbocycles.